The first-order valence-corrected chi connectivity index (χ1v) is 4.82. The fourth-order valence-corrected chi connectivity index (χ4v) is 2.76. The molecule has 0 aromatic rings. The normalized spacial score (nSPS) is 45.4. The van der Waals surface area contributed by atoms with Gasteiger partial charge in [0.2, 0.25) is 0 Å². The second-order valence-electron chi connectivity index (χ2n) is 3.31. The highest BCUT2D eigenvalue weighted by Gasteiger charge is 2.29. The molecule has 0 aromatic carbocycles. The first-order chi connectivity index (χ1) is 4.71. The highest BCUT2D eigenvalue weighted by atomic mass is 127. The second kappa shape index (κ2) is 2.24. The van der Waals surface area contributed by atoms with Crippen LogP contribution in [0.5, 0.6) is 0 Å². The molecule has 3 heterocycles. The predicted octanol–water partition coefficient (Wildman–Crippen LogP) is 1.59. The minimum atomic E-state index is 0.719. The molecule has 2 bridgehead atoms. The maximum absolute atomic E-state index is 6.10. The summed E-state index contributed by atoms with van der Waals surface area (Å²) in [6.07, 6.45) is 4.93. The van der Waals surface area contributed by atoms with Crippen molar-refractivity contribution >= 4 is 30.6 Å². The zero-order chi connectivity index (χ0) is 7.19. The summed E-state index contributed by atoms with van der Waals surface area (Å²) in [6.45, 7) is 2.30. The van der Waals surface area contributed by atoms with E-state index >= 15 is 0 Å². The molecule has 0 atom stereocenters. The number of hydrogen-bond acceptors (Lipinski definition) is 0. The summed E-state index contributed by atoms with van der Waals surface area (Å²) in [5.74, 6) is 0.843. The van der Waals surface area contributed by atoms with E-state index in [4.69, 9.17) is 7.98 Å². The maximum Gasteiger partial charge on any atom is 0.115 e. The van der Waals surface area contributed by atoms with Crippen molar-refractivity contribution in [3.63, 3.8) is 0 Å². The third kappa shape index (κ3) is 0.943. The van der Waals surface area contributed by atoms with E-state index in [1.165, 1.54) is 16.5 Å². The van der Waals surface area contributed by atoms with E-state index in [1.807, 2.05) is 0 Å². The lowest BCUT2D eigenvalue weighted by molar-refractivity contribution is -0.778. The molecule has 3 heteroatoms. The smallest absolute Gasteiger partial charge is 0.115 e. The van der Waals surface area contributed by atoms with Crippen LogP contribution in [0, 0.1) is 5.92 Å². The molecule has 0 aromatic heterocycles. The van der Waals surface area contributed by atoms with Crippen LogP contribution in [0.15, 0.2) is 9.78 Å². The summed E-state index contributed by atoms with van der Waals surface area (Å²) < 4.78 is 2.07. The van der Waals surface area contributed by atoms with Gasteiger partial charge in [-0.25, -0.2) is 7.98 Å². The molecule has 0 saturated carbocycles. The Hall–Kier alpha value is 0.495. The first kappa shape index (κ1) is 7.16. The third-order valence-electron chi connectivity index (χ3n) is 2.60. The Balaban J connectivity index is 2.35. The lowest BCUT2D eigenvalue weighted by Gasteiger charge is -2.56. The Morgan fingerprint density at radius 2 is 2.10 bits per heavy atom. The van der Waals surface area contributed by atoms with Crippen molar-refractivity contribution in [3.05, 3.63) is 9.78 Å². The summed E-state index contributed by atoms with van der Waals surface area (Å²) in [5, 5.41) is 0. The molecule has 1 saturated heterocycles. The Bertz CT molecular complexity index is 182. The molecule has 3 radical (unpaired) electrons. The molecule has 3 rings (SSSR count). The zero-order valence-corrected chi connectivity index (χ0v) is 8.04. The van der Waals surface area contributed by atoms with Gasteiger partial charge in [0, 0.05) is 35.7 Å². The Kier molecular flexibility index (Phi) is 1.60. The molecular weight excluding hydrogens is 236 g/mol. The van der Waals surface area contributed by atoms with Gasteiger partial charge < -0.3 is 4.39 Å². The van der Waals surface area contributed by atoms with E-state index in [0.29, 0.717) is 0 Å². The lowest BCUT2D eigenvalue weighted by atomic mass is 9.88. The van der Waals surface area contributed by atoms with Gasteiger partial charge in [0.05, 0.1) is 0 Å². The lowest BCUT2D eigenvalue weighted by Crippen LogP contribution is -2.51. The van der Waals surface area contributed by atoms with Crippen molar-refractivity contribution in [3.8, 4) is 0 Å². The van der Waals surface area contributed by atoms with Crippen molar-refractivity contribution in [2.45, 2.75) is 12.8 Å². The highest BCUT2D eigenvalue weighted by molar-refractivity contribution is 14.1. The summed E-state index contributed by atoms with van der Waals surface area (Å²) in [4.78, 5) is 0. The maximum atomic E-state index is 6.10. The highest BCUT2D eigenvalue weighted by Crippen LogP contribution is 2.37. The molecule has 0 aliphatic carbocycles. The molecule has 3 aliphatic heterocycles. The number of halogens is 1. The number of fused-ring (bicyclic) bond motifs is 2. The van der Waals surface area contributed by atoms with E-state index in [0.717, 1.165) is 23.4 Å². The van der Waals surface area contributed by atoms with Crippen LogP contribution < -0.4 is 0 Å². The number of rotatable bonds is 0. The molecule has 0 spiro atoms. The van der Waals surface area contributed by atoms with E-state index < -0.39 is 0 Å². The molecule has 53 valence electrons. The van der Waals surface area contributed by atoms with Gasteiger partial charge in [0.1, 0.15) is 3.70 Å². The Morgan fingerprint density at radius 1 is 1.50 bits per heavy atom. The van der Waals surface area contributed by atoms with Crippen LogP contribution in [0.1, 0.15) is 12.8 Å². The topological polar surface area (TPSA) is 0 Å². The molecular formula is C7H10BIN. The van der Waals surface area contributed by atoms with Gasteiger partial charge in [-0.15, -0.1) is 0 Å². The van der Waals surface area contributed by atoms with Gasteiger partial charge in [-0.2, -0.15) is 0 Å². The van der Waals surface area contributed by atoms with Crippen LogP contribution in [0.3, 0.4) is 0 Å². The Morgan fingerprint density at radius 3 is 2.40 bits per heavy atom. The van der Waals surface area contributed by atoms with Gasteiger partial charge in [-0.05, 0) is 24.8 Å². The number of quaternary nitrogens is 1. The van der Waals surface area contributed by atoms with Crippen LogP contribution in [0.4, 0.5) is 0 Å². The first-order valence-electron chi connectivity index (χ1n) is 3.74. The molecule has 0 amide bonds. The van der Waals surface area contributed by atoms with Gasteiger partial charge in [-0.1, -0.05) is 0 Å². The van der Waals surface area contributed by atoms with Gasteiger partial charge in [-0.3, -0.25) is 0 Å². The van der Waals surface area contributed by atoms with E-state index in [9.17, 15) is 0 Å². The largest absolute Gasteiger partial charge is 0.551 e. The van der Waals surface area contributed by atoms with Crippen molar-refractivity contribution in [1.82, 2.24) is 0 Å². The summed E-state index contributed by atoms with van der Waals surface area (Å²) >= 11 is 2.37. The van der Waals surface area contributed by atoms with Crippen molar-refractivity contribution in [1.29, 1.82) is 0 Å². The van der Waals surface area contributed by atoms with E-state index in [2.05, 4.69) is 28.7 Å². The summed E-state index contributed by atoms with van der Waals surface area (Å²) in [5.41, 5.74) is 0. The van der Waals surface area contributed by atoms with Crippen molar-refractivity contribution in [2.75, 3.05) is 13.1 Å². The number of piperidine rings is 1. The van der Waals surface area contributed by atoms with Crippen molar-refractivity contribution in [2.24, 2.45) is 5.92 Å². The zero-order valence-electron chi connectivity index (χ0n) is 5.89. The molecule has 1 fully saturated rings. The molecule has 1 nitrogen and oxygen atoms in total. The van der Waals surface area contributed by atoms with Crippen LogP contribution in [-0.4, -0.2) is 25.5 Å². The minimum absolute atomic E-state index is 0.719. The number of allylic oxidation sites excluding steroid dienone is 1. The van der Waals surface area contributed by atoms with Crippen LogP contribution in [0.2, 0.25) is 0 Å². The second-order valence-corrected chi connectivity index (χ2v) is 4.41. The molecule has 10 heavy (non-hydrogen) atoms. The van der Waals surface area contributed by atoms with E-state index in [-0.39, 0.29) is 0 Å². The van der Waals surface area contributed by atoms with Gasteiger partial charge in [0.15, 0.2) is 0 Å². The van der Waals surface area contributed by atoms with Gasteiger partial charge >= 0.3 is 0 Å². The predicted molar refractivity (Wildman–Crippen MR) is 50.6 cm³/mol. The standard InChI is InChI=1S/C7H10BIN/c8-10-3-1-6(2-4-10)5-7(10)9/h5-6H,1-4H2. The SMILES string of the molecule is [B-][N+]12CCC(C=C1I)CC2. The van der Waals surface area contributed by atoms with Crippen molar-refractivity contribution < 1.29 is 4.39 Å². The summed E-state index contributed by atoms with van der Waals surface area (Å²) in [6, 6.07) is 0. The van der Waals surface area contributed by atoms with Crippen LogP contribution >= 0.6 is 22.6 Å². The quantitative estimate of drug-likeness (QED) is 0.346. The van der Waals surface area contributed by atoms with Gasteiger partial charge in [0.25, 0.3) is 0 Å². The van der Waals surface area contributed by atoms with Crippen LogP contribution in [0.25, 0.3) is 0 Å². The van der Waals surface area contributed by atoms with E-state index in [1.54, 1.807) is 0 Å². The summed E-state index contributed by atoms with van der Waals surface area (Å²) in [7, 11) is 6.10. The molecule has 3 aliphatic rings. The third-order valence-corrected chi connectivity index (χ3v) is 3.92. The number of hydrogen-bond donors (Lipinski definition) is 0. The minimum Gasteiger partial charge on any atom is -0.551 e. The monoisotopic (exact) mass is 246 g/mol. The van der Waals surface area contributed by atoms with Crippen LogP contribution in [-0.2, 0) is 0 Å². The molecule has 0 unspecified atom stereocenters. The fourth-order valence-electron chi connectivity index (χ4n) is 1.77. The average molecular weight is 246 g/mol. The fraction of sp³-hybridized carbons (Fsp3) is 0.714. The number of nitrogens with zero attached hydrogens (tertiary/aromatic N) is 1. The average Bonchev–Trinajstić information content (AvgIpc) is 1.92. The Labute approximate surface area is 76.6 Å². The molecule has 0 N–H and O–H groups in total.